The first-order valence-corrected chi connectivity index (χ1v) is 7.60. The third-order valence-electron chi connectivity index (χ3n) is 3.14. The second-order valence-corrected chi connectivity index (χ2v) is 5.67. The maximum absolute atomic E-state index is 13.3. The van der Waals surface area contributed by atoms with Gasteiger partial charge in [-0.2, -0.15) is 0 Å². The molecule has 1 aromatic carbocycles. The summed E-state index contributed by atoms with van der Waals surface area (Å²) < 4.78 is 13.3. The van der Waals surface area contributed by atoms with Crippen molar-refractivity contribution in [1.82, 2.24) is 19.9 Å². The van der Waals surface area contributed by atoms with Crippen LogP contribution in [0.3, 0.4) is 0 Å². The molecule has 2 heterocycles. The van der Waals surface area contributed by atoms with Crippen molar-refractivity contribution in [2.75, 3.05) is 17.2 Å². The minimum atomic E-state index is -0.487. The van der Waals surface area contributed by atoms with Crippen molar-refractivity contribution < 1.29 is 4.39 Å². The number of nitrogens with zero attached hydrogens (tertiary/aromatic N) is 4. The molecule has 2 aromatic heterocycles. The lowest BCUT2D eigenvalue weighted by molar-refractivity contribution is 0.628. The molecule has 3 aromatic rings. The molecule has 0 amide bonds. The van der Waals surface area contributed by atoms with Crippen molar-refractivity contribution in [3.05, 3.63) is 41.6 Å². The van der Waals surface area contributed by atoms with E-state index in [2.05, 4.69) is 30.6 Å². The maximum Gasteiger partial charge on any atom is 0.223 e. The van der Waals surface area contributed by atoms with Crippen LogP contribution in [0.15, 0.2) is 30.7 Å². The number of fused-ring (bicyclic) bond motifs is 1. The highest BCUT2D eigenvalue weighted by Gasteiger charge is 2.09. The van der Waals surface area contributed by atoms with Gasteiger partial charge in [-0.1, -0.05) is 11.6 Å². The fourth-order valence-corrected chi connectivity index (χ4v) is 2.17. The highest BCUT2D eigenvalue weighted by atomic mass is 35.5. The van der Waals surface area contributed by atoms with E-state index in [1.54, 1.807) is 12.3 Å². The Kier molecular flexibility index (Phi) is 4.68. The largest absolute Gasteiger partial charge is 0.353 e. The molecule has 7 nitrogen and oxygen atoms in total. The van der Waals surface area contributed by atoms with Gasteiger partial charge in [0.1, 0.15) is 23.2 Å². The third-order valence-corrected chi connectivity index (χ3v) is 3.43. The molecule has 3 rings (SSSR count). The zero-order valence-electron chi connectivity index (χ0n) is 12.8. The molecule has 24 heavy (non-hydrogen) atoms. The van der Waals surface area contributed by atoms with Crippen LogP contribution in [0.25, 0.3) is 11.0 Å². The summed E-state index contributed by atoms with van der Waals surface area (Å²) in [6, 6.07) is 4.28. The first-order chi connectivity index (χ1) is 11.5. The van der Waals surface area contributed by atoms with Gasteiger partial charge < -0.3 is 16.4 Å². The Bertz CT molecular complexity index is 872. The number of halogens is 2. The molecular weight excluding hydrogens is 333 g/mol. The van der Waals surface area contributed by atoms with Gasteiger partial charge in [0.05, 0.1) is 11.2 Å². The second-order valence-electron chi connectivity index (χ2n) is 5.26. The molecular formula is C15H15ClFN7. The van der Waals surface area contributed by atoms with Crippen molar-refractivity contribution in [3.63, 3.8) is 0 Å². The standard InChI is InChI=1S/C15H15ClFN7/c1-8(18)5-19-15-20-6-12-13(24-15)14(22-7-21-12)23-9-2-3-11(17)10(16)4-9/h2-4,6-8H,5,18H2,1H3,(H,19,20,24)(H,21,22,23). The predicted octanol–water partition coefficient (Wildman–Crippen LogP) is 2.71. The van der Waals surface area contributed by atoms with E-state index >= 15 is 0 Å². The monoisotopic (exact) mass is 347 g/mol. The van der Waals surface area contributed by atoms with Crippen LogP contribution >= 0.6 is 11.6 Å². The predicted molar refractivity (Wildman–Crippen MR) is 92.0 cm³/mol. The SMILES string of the molecule is CC(N)CNc1ncc2ncnc(Nc3ccc(F)c(Cl)c3)c2n1. The van der Waals surface area contributed by atoms with Crippen LogP contribution in [-0.4, -0.2) is 32.5 Å². The Hall–Kier alpha value is -2.58. The van der Waals surface area contributed by atoms with Crippen molar-refractivity contribution in [1.29, 1.82) is 0 Å². The summed E-state index contributed by atoms with van der Waals surface area (Å²) in [6.07, 6.45) is 2.99. The highest BCUT2D eigenvalue weighted by Crippen LogP contribution is 2.25. The molecule has 1 atom stereocenters. The first-order valence-electron chi connectivity index (χ1n) is 7.22. The molecule has 0 aliphatic heterocycles. The number of nitrogens with two attached hydrogens (primary N) is 1. The van der Waals surface area contributed by atoms with Gasteiger partial charge in [-0.3, -0.25) is 0 Å². The van der Waals surface area contributed by atoms with E-state index in [0.29, 0.717) is 35.0 Å². The first kappa shape index (κ1) is 16.3. The average Bonchev–Trinajstić information content (AvgIpc) is 2.56. The van der Waals surface area contributed by atoms with Crippen LogP contribution in [0, 0.1) is 5.82 Å². The maximum atomic E-state index is 13.3. The van der Waals surface area contributed by atoms with Gasteiger partial charge in [-0.25, -0.2) is 24.3 Å². The molecule has 0 bridgehead atoms. The summed E-state index contributed by atoms with van der Waals surface area (Å²) in [5.74, 6) is 0.406. The van der Waals surface area contributed by atoms with E-state index in [-0.39, 0.29) is 11.1 Å². The summed E-state index contributed by atoms with van der Waals surface area (Å²) in [5, 5.41) is 6.13. The van der Waals surface area contributed by atoms with Gasteiger partial charge in [0, 0.05) is 18.3 Å². The second kappa shape index (κ2) is 6.90. The molecule has 1 unspecified atom stereocenters. The molecule has 4 N–H and O–H groups in total. The fraction of sp³-hybridized carbons (Fsp3) is 0.200. The van der Waals surface area contributed by atoms with Crippen molar-refractivity contribution in [3.8, 4) is 0 Å². The summed E-state index contributed by atoms with van der Waals surface area (Å²) in [6.45, 7) is 2.41. The minimum Gasteiger partial charge on any atom is -0.353 e. The number of rotatable bonds is 5. The number of nitrogens with one attached hydrogen (secondary N) is 2. The van der Waals surface area contributed by atoms with Gasteiger partial charge in [-0.15, -0.1) is 0 Å². The molecule has 0 saturated carbocycles. The van der Waals surface area contributed by atoms with Gasteiger partial charge in [-0.05, 0) is 25.1 Å². The van der Waals surface area contributed by atoms with E-state index in [9.17, 15) is 4.39 Å². The van der Waals surface area contributed by atoms with Gasteiger partial charge in [0.2, 0.25) is 5.95 Å². The Labute approximate surface area is 142 Å². The summed E-state index contributed by atoms with van der Waals surface area (Å²) in [4.78, 5) is 16.9. The average molecular weight is 348 g/mol. The van der Waals surface area contributed by atoms with Crippen molar-refractivity contribution in [2.24, 2.45) is 5.73 Å². The number of hydrogen-bond acceptors (Lipinski definition) is 7. The molecule has 0 fully saturated rings. The molecule has 124 valence electrons. The normalized spacial score (nSPS) is 12.2. The van der Waals surface area contributed by atoms with E-state index in [4.69, 9.17) is 17.3 Å². The zero-order valence-corrected chi connectivity index (χ0v) is 13.5. The number of benzene rings is 1. The van der Waals surface area contributed by atoms with Gasteiger partial charge in [0.25, 0.3) is 0 Å². The summed E-state index contributed by atoms with van der Waals surface area (Å²) >= 11 is 5.80. The molecule has 9 heteroatoms. The van der Waals surface area contributed by atoms with Gasteiger partial charge >= 0.3 is 0 Å². The van der Waals surface area contributed by atoms with Crippen LogP contribution in [0.4, 0.5) is 21.8 Å². The minimum absolute atomic E-state index is 0.0206. The molecule has 0 radical (unpaired) electrons. The van der Waals surface area contributed by atoms with Crippen molar-refractivity contribution in [2.45, 2.75) is 13.0 Å². The molecule has 0 spiro atoms. The Morgan fingerprint density at radius 2 is 2.12 bits per heavy atom. The Morgan fingerprint density at radius 1 is 1.29 bits per heavy atom. The molecule has 0 aliphatic rings. The molecule has 0 saturated heterocycles. The smallest absolute Gasteiger partial charge is 0.223 e. The van der Waals surface area contributed by atoms with Crippen LogP contribution < -0.4 is 16.4 Å². The fourth-order valence-electron chi connectivity index (χ4n) is 1.99. The van der Waals surface area contributed by atoms with E-state index in [1.165, 1.54) is 18.5 Å². The zero-order chi connectivity index (χ0) is 17.1. The van der Waals surface area contributed by atoms with Crippen LogP contribution in [-0.2, 0) is 0 Å². The summed E-state index contributed by atoms with van der Waals surface area (Å²) in [7, 11) is 0. The number of hydrogen-bond donors (Lipinski definition) is 3. The lowest BCUT2D eigenvalue weighted by Gasteiger charge is -2.10. The number of aromatic nitrogens is 4. The van der Waals surface area contributed by atoms with E-state index in [1.807, 2.05) is 6.92 Å². The molecule has 0 aliphatic carbocycles. The quantitative estimate of drug-likeness (QED) is 0.652. The number of anilines is 3. The third kappa shape index (κ3) is 3.66. The van der Waals surface area contributed by atoms with Crippen molar-refractivity contribution >= 4 is 40.1 Å². The Balaban J connectivity index is 1.94. The summed E-state index contributed by atoms with van der Waals surface area (Å²) in [5.41, 5.74) is 7.41. The lowest BCUT2D eigenvalue weighted by Crippen LogP contribution is -2.25. The van der Waals surface area contributed by atoms with Gasteiger partial charge in [0.15, 0.2) is 5.82 Å². The van der Waals surface area contributed by atoms with E-state index < -0.39 is 5.82 Å². The van der Waals surface area contributed by atoms with Crippen LogP contribution in [0.2, 0.25) is 5.02 Å². The van der Waals surface area contributed by atoms with Crippen LogP contribution in [0.1, 0.15) is 6.92 Å². The Morgan fingerprint density at radius 3 is 2.88 bits per heavy atom. The topological polar surface area (TPSA) is 102 Å². The lowest BCUT2D eigenvalue weighted by atomic mass is 10.3. The highest BCUT2D eigenvalue weighted by molar-refractivity contribution is 6.31. The van der Waals surface area contributed by atoms with E-state index in [0.717, 1.165) is 0 Å². The van der Waals surface area contributed by atoms with Crippen LogP contribution in [0.5, 0.6) is 0 Å².